The molecule has 0 radical (unpaired) electrons. The van der Waals surface area contributed by atoms with E-state index in [2.05, 4.69) is 27.5 Å². The van der Waals surface area contributed by atoms with E-state index >= 15 is 0 Å². The first-order chi connectivity index (χ1) is 10.8. The Morgan fingerprint density at radius 1 is 1.27 bits per heavy atom. The molecule has 2 atom stereocenters. The number of rotatable bonds is 3. The standard InChI is InChI=1S/C16H16N4O2/c1-21-12-6-4-11(5-7-12)13-9-14(15-3-2-8-22-15)20-16(19-13)17-10-18-20/h2-8,10,13-14H,9H2,1H3,(H,17,18,19)/t13-,14-/m0/s1. The number of hydrogen-bond acceptors (Lipinski definition) is 5. The minimum absolute atomic E-state index is 0.0425. The lowest BCUT2D eigenvalue weighted by Crippen LogP contribution is -2.27. The second kappa shape index (κ2) is 5.22. The van der Waals surface area contributed by atoms with E-state index in [0.717, 1.165) is 23.9 Å². The van der Waals surface area contributed by atoms with Crippen molar-refractivity contribution in [2.24, 2.45) is 0 Å². The zero-order valence-corrected chi connectivity index (χ0v) is 12.1. The van der Waals surface area contributed by atoms with Crippen LogP contribution in [0, 0.1) is 0 Å². The summed E-state index contributed by atoms with van der Waals surface area (Å²) in [6.07, 6.45) is 4.10. The van der Waals surface area contributed by atoms with Gasteiger partial charge < -0.3 is 14.5 Å². The summed E-state index contributed by atoms with van der Waals surface area (Å²) in [5, 5.41) is 7.74. The number of anilines is 1. The molecule has 1 aliphatic heterocycles. The lowest BCUT2D eigenvalue weighted by molar-refractivity contribution is 0.358. The Labute approximate surface area is 127 Å². The van der Waals surface area contributed by atoms with Crippen LogP contribution >= 0.6 is 0 Å². The fourth-order valence-corrected chi connectivity index (χ4v) is 2.89. The van der Waals surface area contributed by atoms with Crippen molar-refractivity contribution in [1.82, 2.24) is 14.8 Å². The van der Waals surface area contributed by atoms with E-state index in [4.69, 9.17) is 9.15 Å². The molecule has 0 spiro atoms. The number of ether oxygens (including phenoxy) is 1. The molecule has 0 bridgehead atoms. The molecule has 112 valence electrons. The van der Waals surface area contributed by atoms with Crippen LogP contribution in [0.15, 0.2) is 53.4 Å². The summed E-state index contributed by atoms with van der Waals surface area (Å²) < 4.78 is 12.7. The van der Waals surface area contributed by atoms with Crippen LogP contribution < -0.4 is 10.1 Å². The van der Waals surface area contributed by atoms with Gasteiger partial charge >= 0.3 is 0 Å². The highest BCUT2D eigenvalue weighted by atomic mass is 16.5. The maximum absolute atomic E-state index is 5.58. The number of aromatic nitrogens is 3. The summed E-state index contributed by atoms with van der Waals surface area (Å²) in [6, 6.07) is 12.2. The minimum Gasteiger partial charge on any atom is -0.497 e. The van der Waals surface area contributed by atoms with Crippen molar-refractivity contribution >= 4 is 5.95 Å². The van der Waals surface area contributed by atoms with Crippen molar-refractivity contribution < 1.29 is 9.15 Å². The highest BCUT2D eigenvalue weighted by molar-refractivity contribution is 5.38. The van der Waals surface area contributed by atoms with Crippen LogP contribution in [0.3, 0.4) is 0 Å². The first-order valence-corrected chi connectivity index (χ1v) is 7.18. The van der Waals surface area contributed by atoms with Gasteiger partial charge in [-0.15, -0.1) is 0 Å². The summed E-state index contributed by atoms with van der Waals surface area (Å²) in [6.45, 7) is 0. The topological polar surface area (TPSA) is 65.1 Å². The summed E-state index contributed by atoms with van der Waals surface area (Å²) in [7, 11) is 1.67. The molecule has 0 saturated heterocycles. The molecule has 0 saturated carbocycles. The van der Waals surface area contributed by atoms with Crippen LogP contribution in [0.2, 0.25) is 0 Å². The zero-order chi connectivity index (χ0) is 14.9. The zero-order valence-electron chi connectivity index (χ0n) is 12.1. The molecule has 2 aromatic heterocycles. The lowest BCUT2D eigenvalue weighted by atomic mass is 9.96. The summed E-state index contributed by atoms with van der Waals surface area (Å²) in [5.74, 6) is 2.51. The normalized spacial score (nSPS) is 20.2. The third-order valence-electron chi connectivity index (χ3n) is 4.02. The molecular formula is C16H16N4O2. The minimum atomic E-state index is 0.0425. The van der Waals surface area contributed by atoms with Crippen LogP contribution in [0.5, 0.6) is 5.75 Å². The van der Waals surface area contributed by atoms with E-state index in [9.17, 15) is 0 Å². The van der Waals surface area contributed by atoms with Crippen LogP contribution in [0.25, 0.3) is 0 Å². The van der Waals surface area contributed by atoms with Gasteiger partial charge in [0.15, 0.2) is 0 Å². The van der Waals surface area contributed by atoms with Gasteiger partial charge in [0.2, 0.25) is 5.95 Å². The van der Waals surface area contributed by atoms with Crippen molar-refractivity contribution in [3.8, 4) is 5.75 Å². The Kier molecular flexibility index (Phi) is 3.07. The van der Waals surface area contributed by atoms with Gasteiger partial charge in [-0.2, -0.15) is 10.1 Å². The third-order valence-corrected chi connectivity index (χ3v) is 4.02. The van der Waals surface area contributed by atoms with Gasteiger partial charge in [-0.1, -0.05) is 12.1 Å². The predicted molar refractivity (Wildman–Crippen MR) is 80.8 cm³/mol. The first kappa shape index (κ1) is 12.9. The van der Waals surface area contributed by atoms with Gasteiger partial charge in [-0.3, -0.25) is 0 Å². The highest BCUT2D eigenvalue weighted by Gasteiger charge is 2.31. The fraction of sp³-hybridized carbons (Fsp3) is 0.250. The van der Waals surface area contributed by atoms with Gasteiger partial charge in [0.1, 0.15) is 23.9 Å². The summed E-state index contributed by atoms with van der Waals surface area (Å²) >= 11 is 0. The molecule has 1 N–H and O–H groups in total. The van der Waals surface area contributed by atoms with Crippen LogP contribution in [-0.4, -0.2) is 21.9 Å². The quantitative estimate of drug-likeness (QED) is 0.804. The molecule has 1 aromatic carbocycles. The van der Waals surface area contributed by atoms with Crippen molar-refractivity contribution in [2.45, 2.75) is 18.5 Å². The average Bonchev–Trinajstić information content (AvgIpc) is 3.25. The molecule has 6 nitrogen and oxygen atoms in total. The Hall–Kier alpha value is -2.76. The van der Waals surface area contributed by atoms with Crippen LogP contribution in [0.4, 0.5) is 5.95 Å². The Morgan fingerprint density at radius 2 is 2.14 bits per heavy atom. The largest absolute Gasteiger partial charge is 0.497 e. The molecular weight excluding hydrogens is 280 g/mol. The number of nitrogens with zero attached hydrogens (tertiary/aromatic N) is 3. The number of benzene rings is 1. The van der Waals surface area contributed by atoms with E-state index in [1.54, 1.807) is 19.7 Å². The Balaban J connectivity index is 1.68. The molecule has 0 aliphatic carbocycles. The molecule has 3 aromatic rings. The lowest BCUT2D eigenvalue weighted by Gasteiger charge is -2.30. The van der Waals surface area contributed by atoms with Crippen LogP contribution in [-0.2, 0) is 0 Å². The number of methoxy groups -OCH3 is 1. The Morgan fingerprint density at radius 3 is 2.86 bits per heavy atom. The van der Waals surface area contributed by atoms with Gasteiger partial charge in [0, 0.05) is 6.42 Å². The third kappa shape index (κ3) is 2.13. The molecule has 0 unspecified atom stereocenters. The van der Waals surface area contributed by atoms with E-state index < -0.39 is 0 Å². The molecule has 6 heteroatoms. The smallest absolute Gasteiger partial charge is 0.222 e. The maximum atomic E-state index is 5.58. The van der Waals surface area contributed by atoms with Crippen molar-refractivity contribution in [1.29, 1.82) is 0 Å². The van der Waals surface area contributed by atoms with Gasteiger partial charge in [-0.05, 0) is 29.8 Å². The maximum Gasteiger partial charge on any atom is 0.222 e. The van der Waals surface area contributed by atoms with Gasteiger partial charge in [-0.25, -0.2) is 4.68 Å². The number of hydrogen-bond donors (Lipinski definition) is 1. The average molecular weight is 296 g/mol. The van der Waals surface area contributed by atoms with E-state index in [1.807, 2.05) is 28.9 Å². The SMILES string of the molecule is COc1ccc([C@@H]2C[C@@H](c3ccco3)n3ncnc3N2)cc1. The summed E-state index contributed by atoms with van der Waals surface area (Å²) in [5.41, 5.74) is 1.19. The monoisotopic (exact) mass is 296 g/mol. The molecule has 22 heavy (non-hydrogen) atoms. The van der Waals surface area contributed by atoms with E-state index in [-0.39, 0.29) is 12.1 Å². The highest BCUT2D eigenvalue weighted by Crippen LogP contribution is 2.37. The second-order valence-electron chi connectivity index (χ2n) is 5.27. The van der Waals surface area contributed by atoms with Gasteiger partial charge in [0.25, 0.3) is 0 Å². The fourth-order valence-electron chi connectivity index (χ4n) is 2.89. The number of nitrogens with one attached hydrogen (secondary N) is 1. The number of furan rings is 1. The van der Waals surface area contributed by atoms with Crippen LogP contribution in [0.1, 0.15) is 29.8 Å². The van der Waals surface area contributed by atoms with Gasteiger partial charge in [0.05, 0.1) is 19.4 Å². The second-order valence-corrected chi connectivity index (χ2v) is 5.27. The molecule has 4 rings (SSSR count). The van der Waals surface area contributed by atoms with Crippen molar-refractivity contribution in [2.75, 3.05) is 12.4 Å². The molecule has 1 aliphatic rings. The number of fused-ring (bicyclic) bond motifs is 1. The molecule has 3 heterocycles. The van der Waals surface area contributed by atoms with Crippen molar-refractivity contribution in [3.05, 3.63) is 60.3 Å². The first-order valence-electron chi connectivity index (χ1n) is 7.18. The predicted octanol–water partition coefficient (Wildman–Crippen LogP) is 3.03. The Bertz CT molecular complexity index is 749. The molecule has 0 fully saturated rings. The van der Waals surface area contributed by atoms with E-state index in [0.29, 0.717) is 0 Å². The van der Waals surface area contributed by atoms with Crippen molar-refractivity contribution in [3.63, 3.8) is 0 Å². The summed E-state index contributed by atoms with van der Waals surface area (Å²) in [4.78, 5) is 4.30. The van der Waals surface area contributed by atoms with E-state index in [1.165, 1.54) is 5.56 Å². The molecule has 0 amide bonds.